The zero-order valence-corrected chi connectivity index (χ0v) is 14.4. The van der Waals surface area contributed by atoms with E-state index in [1.807, 2.05) is 30.3 Å². The molecule has 3 aromatic rings. The second-order valence-corrected chi connectivity index (χ2v) is 6.55. The van der Waals surface area contributed by atoms with Crippen LogP contribution in [0.4, 0.5) is 0 Å². The number of fused-ring (bicyclic) bond motifs is 1. The first-order valence-corrected chi connectivity index (χ1v) is 8.46. The molecule has 1 saturated heterocycles. The topological polar surface area (TPSA) is 71.1 Å². The molecule has 1 N–H and O–H groups in total. The maximum Gasteiger partial charge on any atom is 0.272 e. The fourth-order valence-corrected chi connectivity index (χ4v) is 3.08. The van der Waals surface area contributed by atoms with Crippen molar-refractivity contribution in [2.45, 2.75) is 6.10 Å². The van der Waals surface area contributed by atoms with Crippen LogP contribution >= 0.6 is 15.9 Å². The Morgan fingerprint density at radius 3 is 2.92 bits per heavy atom. The van der Waals surface area contributed by atoms with E-state index >= 15 is 0 Å². The molecule has 1 amide bonds. The largest absolute Gasteiger partial charge is 0.370 e. The van der Waals surface area contributed by atoms with Crippen LogP contribution in [0.1, 0.15) is 22.2 Å². The summed E-state index contributed by atoms with van der Waals surface area (Å²) in [4.78, 5) is 26.0. The second kappa shape index (κ2) is 6.33. The Hall–Kier alpha value is -2.25. The van der Waals surface area contributed by atoms with Gasteiger partial charge in [-0.3, -0.25) is 4.79 Å². The number of halogens is 1. The molecule has 1 fully saturated rings. The molecule has 1 aromatic carbocycles. The van der Waals surface area contributed by atoms with Gasteiger partial charge in [0.15, 0.2) is 5.65 Å². The van der Waals surface area contributed by atoms with E-state index in [4.69, 9.17) is 4.74 Å². The van der Waals surface area contributed by atoms with Crippen molar-refractivity contribution >= 4 is 33.0 Å². The number of morpholine rings is 1. The second-order valence-electron chi connectivity index (χ2n) is 5.63. The molecule has 4 rings (SSSR count). The minimum absolute atomic E-state index is 0.0923. The monoisotopic (exact) mass is 386 g/mol. The summed E-state index contributed by atoms with van der Waals surface area (Å²) in [7, 11) is 0. The maximum atomic E-state index is 12.8. The van der Waals surface area contributed by atoms with Crippen LogP contribution in [0.5, 0.6) is 0 Å². The van der Waals surface area contributed by atoms with Gasteiger partial charge in [0.1, 0.15) is 11.8 Å². The van der Waals surface area contributed by atoms with Gasteiger partial charge in [0.25, 0.3) is 5.91 Å². The lowest BCUT2D eigenvalue weighted by Gasteiger charge is -2.33. The molecule has 1 unspecified atom stereocenters. The molecule has 6 nitrogen and oxygen atoms in total. The number of imidazole rings is 1. The molecule has 0 saturated carbocycles. The number of hydrogen-bond acceptors (Lipinski definition) is 4. The average molecular weight is 387 g/mol. The van der Waals surface area contributed by atoms with Crippen molar-refractivity contribution in [3.8, 4) is 0 Å². The van der Waals surface area contributed by atoms with Gasteiger partial charge in [-0.2, -0.15) is 0 Å². The maximum absolute atomic E-state index is 12.8. The molecule has 2 aromatic heterocycles. The summed E-state index contributed by atoms with van der Waals surface area (Å²) in [5, 5.41) is 0. The summed E-state index contributed by atoms with van der Waals surface area (Å²) in [5.74, 6) is -0.0923. The number of hydrogen-bond donors (Lipinski definition) is 1. The molecule has 122 valence electrons. The zero-order valence-electron chi connectivity index (χ0n) is 12.8. The number of benzene rings is 1. The smallest absolute Gasteiger partial charge is 0.272 e. The molecule has 1 aliphatic rings. The minimum Gasteiger partial charge on any atom is -0.370 e. The fraction of sp³-hybridized carbons (Fsp3) is 0.235. The number of pyridine rings is 1. The Balaban J connectivity index is 1.54. The summed E-state index contributed by atoms with van der Waals surface area (Å²) in [6.07, 6.45) is 1.45. The lowest BCUT2D eigenvalue weighted by atomic mass is 10.1. The highest BCUT2D eigenvalue weighted by Gasteiger charge is 2.27. The number of H-pyrrole nitrogens is 1. The van der Waals surface area contributed by atoms with E-state index in [0.29, 0.717) is 31.0 Å². The molecule has 24 heavy (non-hydrogen) atoms. The van der Waals surface area contributed by atoms with Crippen LogP contribution in [0.2, 0.25) is 0 Å². The summed E-state index contributed by atoms with van der Waals surface area (Å²) in [5.41, 5.74) is 2.84. The molecule has 1 aliphatic heterocycles. The number of amides is 1. The summed E-state index contributed by atoms with van der Waals surface area (Å²) >= 11 is 3.43. The molecular weight excluding hydrogens is 372 g/mol. The van der Waals surface area contributed by atoms with E-state index in [1.54, 1.807) is 17.3 Å². The van der Waals surface area contributed by atoms with Gasteiger partial charge in [-0.15, -0.1) is 0 Å². The molecule has 0 aliphatic carbocycles. The molecule has 1 atom stereocenters. The number of nitrogens with zero attached hydrogens (tertiary/aromatic N) is 3. The normalized spacial score (nSPS) is 18.0. The molecule has 7 heteroatoms. The van der Waals surface area contributed by atoms with E-state index < -0.39 is 0 Å². The lowest BCUT2D eigenvalue weighted by Crippen LogP contribution is -2.42. The SMILES string of the molecule is O=C(c1ccc2[nH]cnc2n1)N1CCOC(c2ccc(Br)cc2)C1. The Kier molecular flexibility index (Phi) is 4.03. The molecular formula is C17H15BrN4O2. The fourth-order valence-electron chi connectivity index (χ4n) is 2.82. The summed E-state index contributed by atoms with van der Waals surface area (Å²) in [6, 6.07) is 11.5. The zero-order chi connectivity index (χ0) is 16.5. The van der Waals surface area contributed by atoms with Crippen LogP contribution in [0.15, 0.2) is 47.2 Å². The number of nitrogens with one attached hydrogen (secondary N) is 1. The number of rotatable bonds is 2. The van der Waals surface area contributed by atoms with Gasteiger partial charge in [-0.25, -0.2) is 9.97 Å². The van der Waals surface area contributed by atoms with Gasteiger partial charge < -0.3 is 14.6 Å². The third-order valence-corrected chi connectivity index (χ3v) is 4.63. The van der Waals surface area contributed by atoms with Gasteiger partial charge in [0.2, 0.25) is 0 Å². The van der Waals surface area contributed by atoms with Crippen LogP contribution in [-0.2, 0) is 4.74 Å². The van der Waals surface area contributed by atoms with Gasteiger partial charge in [0.05, 0.1) is 25.0 Å². The Bertz CT molecular complexity index is 878. The highest BCUT2D eigenvalue weighted by Crippen LogP contribution is 2.24. The quantitative estimate of drug-likeness (QED) is 0.734. The standard InChI is InChI=1S/C17H15BrN4O2/c18-12-3-1-11(2-4-12)15-9-22(7-8-24-15)17(23)14-6-5-13-16(21-14)20-10-19-13/h1-6,10,15H,7-9H2,(H,19,20,21). The van der Waals surface area contributed by atoms with Gasteiger partial charge in [-0.05, 0) is 29.8 Å². The molecule has 3 heterocycles. The van der Waals surface area contributed by atoms with Crippen molar-refractivity contribution in [1.29, 1.82) is 0 Å². The van der Waals surface area contributed by atoms with Crippen molar-refractivity contribution in [3.05, 3.63) is 58.5 Å². The number of carbonyl (C=O) groups excluding carboxylic acids is 1. The predicted octanol–water partition coefficient (Wildman–Crippen LogP) is 2.93. The first-order valence-electron chi connectivity index (χ1n) is 7.67. The van der Waals surface area contributed by atoms with Crippen molar-refractivity contribution in [2.24, 2.45) is 0 Å². The van der Waals surface area contributed by atoms with E-state index in [2.05, 4.69) is 30.9 Å². The van der Waals surface area contributed by atoms with Crippen molar-refractivity contribution in [1.82, 2.24) is 19.9 Å². The lowest BCUT2D eigenvalue weighted by molar-refractivity contribution is -0.0230. The predicted molar refractivity (Wildman–Crippen MR) is 92.6 cm³/mol. The van der Waals surface area contributed by atoms with Crippen LogP contribution in [0.3, 0.4) is 0 Å². The van der Waals surface area contributed by atoms with Crippen molar-refractivity contribution < 1.29 is 9.53 Å². The van der Waals surface area contributed by atoms with E-state index in [-0.39, 0.29) is 12.0 Å². The van der Waals surface area contributed by atoms with Crippen LogP contribution in [0, 0.1) is 0 Å². The van der Waals surface area contributed by atoms with Crippen LogP contribution in [0.25, 0.3) is 11.2 Å². The van der Waals surface area contributed by atoms with Gasteiger partial charge in [-0.1, -0.05) is 28.1 Å². The van der Waals surface area contributed by atoms with E-state index in [9.17, 15) is 4.79 Å². The number of ether oxygens (including phenoxy) is 1. The van der Waals surface area contributed by atoms with E-state index in [0.717, 1.165) is 15.6 Å². The van der Waals surface area contributed by atoms with Gasteiger partial charge >= 0.3 is 0 Å². The van der Waals surface area contributed by atoms with Gasteiger partial charge in [0, 0.05) is 11.0 Å². The number of carbonyl (C=O) groups is 1. The Labute approximate surface area is 147 Å². The van der Waals surface area contributed by atoms with Crippen LogP contribution in [-0.4, -0.2) is 45.5 Å². The molecule has 0 bridgehead atoms. The first kappa shape index (κ1) is 15.3. The van der Waals surface area contributed by atoms with Crippen LogP contribution < -0.4 is 0 Å². The highest BCUT2D eigenvalue weighted by atomic mass is 79.9. The Morgan fingerprint density at radius 1 is 1.25 bits per heavy atom. The third-order valence-electron chi connectivity index (χ3n) is 4.10. The van der Waals surface area contributed by atoms with Crippen molar-refractivity contribution in [3.63, 3.8) is 0 Å². The first-order chi connectivity index (χ1) is 11.7. The average Bonchev–Trinajstić information content (AvgIpc) is 3.09. The number of aromatic amines is 1. The summed E-state index contributed by atoms with van der Waals surface area (Å²) in [6.45, 7) is 1.59. The molecule has 0 spiro atoms. The third kappa shape index (κ3) is 2.92. The number of aromatic nitrogens is 3. The van der Waals surface area contributed by atoms with E-state index in [1.165, 1.54) is 0 Å². The summed E-state index contributed by atoms with van der Waals surface area (Å²) < 4.78 is 6.85. The minimum atomic E-state index is -0.120. The molecule has 0 radical (unpaired) electrons. The van der Waals surface area contributed by atoms with Crippen molar-refractivity contribution in [2.75, 3.05) is 19.7 Å². The highest BCUT2D eigenvalue weighted by molar-refractivity contribution is 9.10. The Morgan fingerprint density at radius 2 is 2.08 bits per heavy atom.